The zero-order chi connectivity index (χ0) is 16.5. The van der Waals surface area contributed by atoms with Crippen molar-refractivity contribution in [2.24, 2.45) is 0 Å². The van der Waals surface area contributed by atoms with Gasteiger partial charge >= 0.3 is 0 Å². The topological polar surface area (TPSA) is 71.5 Å². The quantitative estimate of drug-likeness (QED) is 0.761. The van der Waals surface area contributed by atoms with Gasteiger partial charge in [-0.1, -0.05) is 24.3 Å². The van der Waals surface area contributed by atoms with Gasteiger partial charge in [-0.2, -0.15) is 0 Å². The molecule has 2 aromatic carbocycles. The lowest BCUT2D eigenvalue weighted by Crippen LogP contribution is -2.45. The molecule has 0 saturated carbocycles. The summed E-state index contributed by atoms with van der Waals surface area (Å²) in [6.07, 6.45) is 2.65. The van der Waals surface area contributed by atoms with E-state index in [-0.39, 0.29) is 12.5 Å². The lowest BCUT2D eigenvalue weighted by molar-refractivity contribution is 0.0617. The van der Waals surface area contributed by atoms with Gasteiger partial charge < -0.3 is 15.2 Å². The molecule has 120 valence electrons. The van der Waals surface area contributed by atoms with Crippen molar-refractivity contribution in [3.63, 3.8) is 0 Å². The maximum atomic E-state index is 12.5. The number of carbonyl (C=O) groups excluding carboxylic acids is 1. The summed E-state index contributed by atoms with van der Waals surface area (Å²) in [4.78, 5) is 16.6. The first-order valence-electron chi connectivity index (χ1n) is 7.77. The molecule has 5 heteroatoms. The second-order valence-electron chi connectivity index (χ2n) is 5.81. The van der Waals surface area contributed by atoms with Crippen LogP contribution < -0.4 is 10.1 Å². The molecule has 24 heavy (non-hydrogen) atoms. The molecule has 0 aliphatic carbocycles. The van der Waals surface area contributed by atoms with Crippen molar-refractivity contribution in [3.8, 4) is 5.75 Å². The van der Waals surface area contributed by atoms with E-state index in [1.54, 1.807) is 30.6 Å². The molecule has 5 nitrogen and oxygen atoms in total. The molecule has 0 fully saturated rings. The molecule has 0 spiro atoms. The number of carbonyl (C=O) groups is 1. The first-order valence-corrected chi connectivity index (χ1v) is 7.77. The SMILES string of the molecule is O=C(NC1COc2ccccc2C1O)c1ccc2ccncc2c1. The third kappa shape index (κ3) is 2.59. The number of rotatable bonds is 2. The van der Waals surface area contributed by atoms with Crippen LogP contribution in [0.4, 0.5) is 0 Å². The zero-order valence-electron chi connectivity index (χ0n) is 12.8. The Morgan fingerprint density at radius 3 is 2.96 bits per heavy atom. The summed E-state index contributed by atoms with van der Waals surface area (Å²) in [7, 11) is 0. The minimum atomic E-state index is -0.791. The molecule has 0 saturated heterocycles. The highest BCUT2D eigenvalue weighted by atomic mass is 16.5. The van der Waals surface area contributed by atoms with E-state index >= 15 is 0 Å². The number of ether oxygens (including phenoxy) is 1. The lowest BCUT2D eigenvalue weighted by Gasteiger charge is -2.30. The molecular weight excluding hydrogens is 304 g/mol. The molecule has 2 atom stereocenters. The molecule has 1 aliphatic rings. The van der Waals surface area contributed by atoms with Crippen LogP contribution in [0.25, 0.3) is 10.8 Å². The maximum Gasteiger partial charge on any atom is 0.251 e. The Kier molecular flexibility index (Phi) is 3.63. The highest BCUT2D eigenvalue weighted by Gasteiger charge is 2.30. The fourth-order valence-corrected chi connectivity index (χ4v) is 2.94. The number of nitrogens with zero attached hydrogens (tertiary/aromatic N) is 1. The van der Waals surface area contributed by atoms with E-state index in [0.29, 0.717) is 16.9 Å². The van der Waals surface area contributed by atoms with Crippen LogP contribution in [0.5, 0.6) is 5.75 Å². The summed E-state index contributed by atoms with van der Waals surface area (Å²) in [5.74, 6) is 0.417. The van der Waals surface area contributed by atoms with Gasteiger partial charge in [0.25, 0.3) is 5.91 Å². The number of hydrogen-bond acceptors (Lipinski definition) is 4. The van der Waals surface area contributed by atoms with E-state index in [2.05, 4.69) is 10.3 Å². The number of amides is 1. The van der Waals surface area contributed by atoms with E-state index in [1.165, 1.54) is 0 Å². The van der Waals surface area contributed by atoms with Crippen molar-refractivity contribution in [1.82, 2.24) is 10.3 Å². The number of para-hydroxylation sites is 1. The van der Waals surface area contributed by atoms with Crippen molar-refractivity contribution >= 4 is 16.7 Å². The van der Waals surface area contributed by atoms with Gasteiger partial charge in [0.1, 0.15) is 18.5 Å². The van der Waals surface area contributed by atoms with E-state index in [4.69, 9.17) is 4.74 Å². The van der Waals surface area contributed by atoms with Gasteiger partial charge in [-0.15, -0.1) is 0 Å². The smallest absolute Gasteiger partial charge is 0.251 e. The Morgan fingerprint density at radius 1 is 1.17 bits per heavy atom. The van der Waals surface area contributed by atoms with Gasteiger partial charge in [0, 0.05) is 28.9 Å². The maximum absolute atomic E-state index is 12.5. The van der Waals surface area contributed by atoms with Crippen LogP contribution in [-0.4, -0.2) is 28.6 Å². The minimum absolute atomic E-state index is 0.235. The van der Waals surface area contributed by atoms with Crippen molar-refractivity contribution in [1.29, 1.82) is 0 Å². The predicted molar refractivity (Wildman–Crippen MR) is 89.9 cm³/mol. The monoisotopic (exact) mass is 320 g/mol. The van der Waals surface area contributed by atoms with Gasteiger partial charge in [-0.3, -0.25) is 9.78 Å². The van der Waals surface area contributed by atoms with Crippen molar-refractivity contribution in [2.75, 3.05) is 6.61 Å². The summed E-state index contributed by atoms with van der Waals surface area (Å²) < 4.78 is 5.63. The van der Waals surface area contributed by atoms with Crippen molar-refractivity contribution < 1.29 is 14.6 Å². The van der Waals surface area contributed by atoms with Crippen LogP contribution in [0.15, 0.2) is 60.9 Å². The molecule has 1 amide bonds. The van der Waals surface area contributed by atoms with E-state index in [0.717, 1.165) is 10.8 Å². The molecular formula is C19H16N2O3. The highest BCUT2D eigenvalue weighted by molar-refractivity contribution is 5.98. The number of aliphatic hydroxyl groups is 1. The van der Waals surface area contributed by atoms with E-state index in [9.17, 15) is 9.90 Å². The largest absolute Gasteiger partial charge is 0.491 e. The normalized spacial score (nSPS) is 19.4. The number of fused-ring (bicyclic) bond motifs is 2. The summed E-state index contributed by atoms with van der Waals surface area (Å²) in [6.45, 7) is 0.235. The van der Waals surface area contributed by atoms with Gasteiger partial charge in [0.15, 0.2) is 0 Å². The molecule has 2 heterocycles. The van der Waals surface area contributed by atoms with Crippen LogP contribution in [0.1, 0.15) is 22.0 Å². The number of hydrogen-bond donors (Lipinski definition) is 2. The van der Waals surface area contributed by atoms with Crippen LogP contribution >= 0.6 is 0 Å². The molecule has 2 unspecified atom stereocenters. The van der Waals surface area contributed by atoms with E-state index in [1.807, 2.05) is 30.3 Å². The van der Waals surface area contributed by atoms with Crippen molar-refractivity contribution in [3.05, 3.63) is 72.1 Å². The first kappa shape index (κ1) is 14.7. The fraction of sp³-hybridized carbons (Fsp3) is 0.158. The Balaban J connectivity index is 1.55. The molecule has 1 aromatic heterocycles. The Bertz CT molecular complexity index is 910. The number of aliphatic hydroxyl groups excluding tert-OH is 1. The average molecular weight is 320 g/mol. The Hall–Kier alpha value is -2.92. The molecule has 0 bridgehead atoms. The van der Waals surface area contributed by atoms with Crippen LogP contribution in [0.3, 0.4) is 0 Å². The van der Waals surface area contributed by atoms with E-state index < -0.39 is 12.1 Å². The second-order valence-corrected chi connectivity index (χ2v) is 5.81. The number of benzene rings is 2. The predicted octanol–water partition coefficient (Wildman–Crippen LogP) is 2.46. The highest BCUT2D eigenvalue weighted by Crippen LogP contribution is 2.31. The van der Waals surface area contributed by atoms with Crippen LogP contribution in [0, 0.1) is 0 Å². The molecule has 3 aromatic rings. The number of nitrogens with one attached hydrogen (secondary N) is 1. The average Bonchev–Trinajstić information content (AvgIpc) is 2.64. The second kappa shape index (κ2) is 5.94. The lowest BCUT2D eigenvalue weighted by atomic mass is 9.98. The Labute approximate surface area is 138 Å². The third-order valence-corrected chi connectivity index (χ3v) is 4.26. The molecule has 4 rings (SSSR count). The summed E-state index contributed by atoms with van der Waals surface area (Å²) in [5.41, 5.74) is 1.22. The standard InChI is InChI=1S/C19H16N2O3/c22-18-15-3-1-2-4-17(15)24-11-16(18)21-19(23)13-6-5-12-7-8-20-10-14(12)9-13/h1-10,16,18,22H,11H2,(H,21,23). The zero-order valence-corrected chi connectivity index (χ0v) is 12.8. The van der Waals surface area contributed by atoms with Gasteiger partial charge in [-0.25, -0.2) is 0 Å². The van der Waals surface area contributed by atoms with Crippen LogP contribution in [0.2, 0.25) is 0 Å². The van der Waals surface area contributed by atoms with Crippen molar-refractivity contribution in [2.45, 2.75) is 12.1 Å². The van der Waals surface area contributed by atoms with Crippen LogP contribution in [-0.2, 0) is 0 Å². The minimum Gasteiger partial charge on any atom is -0.491 e. The van der Waals surface area contributed by atoms with Gasteiger partial charge in [0.05, 0.1) is 6.04 Å². The number of aromatic nitrogens is 1. The molecule has 2 N–H and O–H groups in total. The summed E-state index contributed by atoms with van der Waals surface area (Å²) in [6, 6.07) is 14.2. The van der Waals surface area contributed by atoms with Gasteiger partial charge in [0.2, 0.25) is 0 Å². The first-order chi connectivity index (χ1) is 11.7. The summed E-state index contributed by atoms with van der Waals surface area (Å²) in [5, 5.41) is 15.3. The van der Waals surface area contributed by atoms with Gasteiger partial charge in [-0.05, 0) is 29.7 Å². The third-order valence-electron chi connectivity index (χ3n) is 4.26. The molecule has 0 radical (unpaired) electrons. The fourth-order valence-electron chi connectivity index (χ4n) is 2.94. The molecule has 1 aliphatic heterocycles. The Morgan fingerprint density at radius 2 is 2.04 bits per heavy atom. The number of pyridine rings is 1. The summed E-state index contributed by atoms with van der Waals surface area (Å²) >= 11 is 0.